The van der Waals surface area contributed by atoms with E-state index in [2.05, 4.69) is 5.32 Å². The molecule has 1 N–H and O–H groups in total. The van der Waals surface area contributed by atoms with Gasteiger partial charge >= 0.3 is 18.0 Å². The SMILES string of the molecule is CCOC(=O)CCc1ccc(C(C)(C)C(=O)OC[C@@H](CC)NC(=O)OCc2ccccc2)cc1. The van der Waals surface area contributed by atoms with Crippen molar-refractivity contribution < 1.29 is 28.6 Å². The molecule has 0 saturated heterocycles. The van der Waals surface area contributed by atoms with Crippen LogP contribution in [0.4, 0.5) is 4.79 Å². The average molecular weight is 470 g/mol. The van der Waals surface area contributed by atoms with Crippen molar-refractivity contribution in [2.45, 2.75) is 65.0 Å². The molecule has 0 heterocycles. The fraction of sp³-hybridized carbons (Fsp3) is 0.444. The van der Waals surface area contributed by atoms with Crippen molar-refractivity contribution in [1.82, 2.24) is 5.32 Å². The van der Waals surface area contributed by atoms with Gasteiger partial charge in [0.1, 0.15) is 13.2 Å². The predicted molar refractivity (Wildman–Crippen MR) is 129 cm³/mol. The maximum absolute atomic E-state index is 12.8. The van der Waals surface area contributed by atoms with Crippen LogP contribution in [-0.2, 0) is 42.2 Å². The molecule has 0 aromatic heterocycles. The lowest BCUT2D eigenvalue weighted by Crippen LogP contribution is -2.40. The minimum atomic E-state index is -0.869. The van der Waals surface area contributed by atoms with Gasteiger partial charge in [-0.1, -0.05) is 61.5 Å². The summed E-state index contributed by atoms with van der Waals surface area (Å²) in [5, 5.41) is 2.75. The Morgan fingerprint density at radius 3 is 2.18 bits per heavy atom. The lowest BCUT2D eigenvalue weighted by molar-refractivity contribution is -0.150. The molecule has 2 aromatic rings. The number of carbonyl (C=O) groups excluding carboxylic acids is 3. The summed E-state index contributed by atoms with van der Waals surface area (Å²) >= 11 is 0. The Bertz CT molecular complexity index is 924. The van der Waals surface area contributed by atoms with E-state index in [4.69, 9.17) is 14.2 Å². The molecule has 7 heteroatoms. The van der Waals surface area contributed by atoms with Gasteiger partial charge in [-0.15, -0.1) is 0 Å². The third kappa shape index (κ3) is 8.54. The van der Waals surface area contributed by atoms with Crippen LogP contribution in [0.25, 0.3) is 0 Å². The second kappa shape index (κ2) is 13.4. The summed E-state index contributed by atoms with van der Waals surface area (Å²) in [6.07, 6.45) is 0.930. The minimum Gasteiger partial charge on any atom is -0.466 e. The number of nitrogens with one attached hydrogen (secondary N) is 1. The highest BCUT2D eigenvalue weighted by atomic mass is 16.6. The Morgan fingerprint density at radius 1 is 0.882 bits per heavy atom. The Labute approximate surface area is 201 Å². The Balaban J connectivity index is 1.84. The molecule has 0 fully saturated rings. The normalized spacial score (nSPS) is 11.9. The van der Waals surface area contributed by atoms with Crippen LogP contribution in [0.5, 0.6) is 0 Å². The van der Waals surface area contributed by atoms with E-state index in [0.29, 0.717) is 25.9 Å². The monoisotopic (exact) mass is 469 g/mol. The maximum atomic E-state index is 12.8. The van der Waals surface area contributed by atoms with E-state index in [1.807, 2.05) is 61.5 Å². The second-order valence-corrected chi connectivity index (χ2v) is 8.54. The van der Waals surface area contributed by atoms with E-state index >= 15 is 0 Å². The van der Waals surface area contributed by atoms with Crippen LogP contribution in [0.2, 0.25) is 0 Å². The van der Waals surface area contributed by atoms with E-state index in [9.17, 15) is 14.4 Å². The van der Waals surface area contributed by atoms with Gasteiger partial charge in [-0.25, -0.2) is 4.79 Å². The molecule has 0 unspecified atom stereocenters. The molecule has 0 saturated carbocycles. The van der Waals surface area contributed by atoms with E-state index in [-0.39, 0.29) is 31.2 Å². The number of rotatable bonds is 12. The molecule has 184 valence electrons. The van der Waals surface area contributed by atoms with Gasteiger partial charge in [0.15, 0.2) is 0 Å². The standard InChI is InChI=1S/C27H35NO6/c1-5-23(28-26(31)34-18-21-10-8-7-9-11-21)19-33-25(30)27(3,4)22-15-12-20(13-16-22)14-17-24(29)32-6-2/h7-13,15-16,23H,5-6,14,17-19H2,1-4H3,(H,28,31)/t23-/m1/s1. The Kier molecular flexibility index (Phi) is 10.6. The molecule has 0 radical (unpaired) electrons. The van der Waals surface area contributed by atoms with Crippen molar-refractivity contribution in [2.75, 3.05) is 13.2 Å². The number of esters is 2. The summed E-state index contributed by atoms with van der Waals surface area (Å²) < 4.78 is 15.7. The number of ether oxygens (including phenoxy) is 3. The van der Waals surface area contributed by atoms with E-state index < -0.39 is 11.5 Å². The number of hydrogen-bond donors (Lipinski definition) is 1. The molecule has 0 bridgehead atoms. The third-order valence-corrected chi connectivity index (χ3v) is 5.55. The number of aryl methyl sites for hydroxylation is 1. The summed E-state index contributed by atoms with van der Waals surface area (Å²) in [4.78, 5) is 36.5. The van der Waals surface area contributed by atoms with Crippen LogP contribution < -0.4 is 5.32 Å². The number of hydrogen-bond acceptors (Lipinski definition) is 6. The molecule has 1 amide bonds. The van der Waals surface area contributed by atoms with Crippen LogP contribution in [0, 0.1) is 0 Å². The van der Waals surface area contributed by atoms with E-state index in [1.54, 1.807) is 20.8 Å². The quantitative estimate of drug-likeness (QED) is 0.358. The Morgan fingerprint density at radius 2 is 1.56 bits per heavy atom. The first-order valence-corrected chi connectivity index (χ1v) is 11.7. The van der Waals surface area contributed by atoms with Crippen LogP contribution in [0.3, 0.4) is 0 Å². The van der Waals surface area contributed by atoms with Gasteiger partial charge in [0.2, 0.25) is 0 Å². The summed E-state index contributed by atoms with van der Waals surface area (Å²) in [7, 11) is 0. The third-order valence-electron chi connectivity index (χ3n) is 5.55. The van der Waals surface area contributed by atoms with Crippen molar-refractivity contribution in [3.63, 3.8) is 0 Å². The first kappa shape index (κ1) is 26.9. The smallest absolute Gasteiger partial charge is 0.407 e. The second-order valence-electron chi connectivity index (χ2n) is 8.54. The first-order chi connectivity index (χ1) is 16.3. The molecule has 0 aliphatic rings. The zero-order valence-electron chi connectivity index (χ0n) is 20.5. The van der Waals surface area contributed by atoms with Crippen LogP contribution >= 0.6 is 0 Å². The highest BCUT2D eigenvalue weighted by Crippen LogP contribution is 2.25. The number of benzene rings is 2. The van der Waals surface area contributed by atoms with Crippen molar-refractivity contribution in [3.05, 3.63) is 71.3 Å². The fourth-order valence-electron chi connectivity index (χ4n) is 3.24. The van der Waals surface area contributed by atoms with Crippen molar-refractivity contribution >= 4 is 18.0 Å². The first-order valence-electron chi connectivity index (χ1n) is 11.7. The van der Waals surface area contributed by atoms with E-state index in [0.717, 1.165) is 16.7 Å². The molecule has 2 rings (SSSR count). The van der Waals surface area contributed by atoms with Crippen LogP contribution in [0.1, 0.15) is 57.2 Å². The van der Waals surface area contributed by atoms with Gasteiger partial charge in [-0.3, -0.25) is 9.59 Å². The number of amides is 1. The number of alkyl carbamates (subject to hydrolysis) is 1. The zero-order chi connectivity index (χ0) is 25.0. The van der Waals surface area contributed by atoms with Crippen LogP contribution in [-0.4, -0.2) is 37.3 Å². The summed E-state index contributed by atoms with van der Waals surface area (Å²) in [5.74, 6) is -0.608. The summed E-state index contributed by atoms with van der Waals surface area (Å²) in [5.41, 5.74) is 1.82. The van der Waals surface area contributed by atoms with Gasteiger partial charge in [0, 0.05) is 6.42 Å². The molecule has 2 aromatic carbocycles. The van der Waals surface area contributed by atoms with Gasteiger partial charge in [-0.05, 0) is 50.3 Å². The largest absolute Gasteiger partial charge is 0.466 e. The minimum absolute atomic E-state index is 0.0524. The topological polar surface area (TPSA) is 90.9 Å². The highest BCUT2D eigenvalue weighted by Gasteiger charge is 2.32. The predicted octanol–water partition coefficient (Wildman–Crippen LogP) is 4.71. The molecule has 0 aliphatic carbocycles. The van der Waals surface area contributed by atoms with Crippen molar-refractivity contribution in [3.8, 4) is 0 Å². The lowest BCUT2D eigenvalue weighted by Gasteiger charge is -2.25. The molecule has 1 atom stereocenters. The van der Waals surface area contributed by atoms with Gasteiger partial charge in [0.05, 0.1) is 18.1 Å². The van der Waals surface area contributed by atoms with Gasteiger partial charge in [0.25, 0.3) is 0 Å². The molecule has 0 aliphatic heterocycles. The number of carbonyl (C=O) groups is 3. The van der Waals surface area contributed by atoms with Crippen molar-refractivity contribution in [2.24, 2.45) is 0 Å². The van der Waals surface area contributed by atoms with Gasteiger partial charge < -0.3 is 19.5 Å². The summed E-state index contributed by atoms with van der Waals surface area (Å²) in [6, 6.07) is 16.6. The Hall–Kier alpha value is -3.35. The maximum Gasteiger partial charge on any atom is 0.407 e. The zero-order valence-corrected chi connectivity index (χ0v) is 20.5. The highest BCUT2D eigenvalue weighted by molar-refractivity contribution is 5.82. The molecular formula is C27H35NO6. The molecule has 34 heavy (non-hydrogen) atoms. The summed E-state index contributed by atoms with van der Waals surface area (Å²) in [6.45, 7) is 7.87. The molecule has 0 spiro atoms. The van der Waals surface area contributed by atoms with E-state index in [1.165, 1.54) is 0 Å². The van der Waals surface area contributed by atoms with Crippen molar-refractivity contribution in [1.29, 1.82) is 0 Å². The fourth-order valence-corrected chi connectivity index (χ4v) is 3.24. The molecular weight excluding hydrogens is 434 g/mol. The lowest BCUT2D eigenvalue weighted by atomic mass is 9.84. The van der Waals surface area contributed by atoms with Gasteiger partial charge in [-0.2, -0.15) is 0 Å². The molecule has 7 nitrogen and oxygen atoms in total. The average Bonchev–Trinajstić information content (AvgIpc) is 2.84. The van der Waals surface area contributed by atoms with Crippen LogP contribution in [0.15, 0.2) is 54.6 Å².